The van der Waals surface area contributed by atoms with Crippen LogP contribution in [0.15, 0.2) is 12.3 Å². The Balaban J connectivity index is 1.89. The number of amides is 2. The molecule has 0 saturated carbocycles. The van der Waals surface area contributed by atoms with Crippen LogP contribution < -0.4 is 5.73 Å². The molecule has 0 unspecified atom stereocenters. The lowest BCUT2D eigenvalue weighted by atomic mass is 10.3. The average molecular weight is 266 g/mol. The Bertz CT molecular complexity index is 463. The minimum absolute atomic E-state index is 0.0970. The summed E-state index contributed by atoms with van der Waals surface area (Å²) in [5.41, 5.74) is 6.58. The predicted octanol–water partition coefficient (Wildman–Crippen LogP) is 0.511. The number of nitrogens with zero attached hydrogens (tertiary/aromatic N) is 2. The van der Waals surface area contributed by atoms with Crippen LogP contribution in [-0.4, -0.2) is 59.6 Å². The van der Waals surface area contributed by atoms with Crippen molar-refractivity contribution in [3.63, 3.8) is 0 Å². The third-order valence-electron chi connectivity index (χ3n) is 3.03. The van der Waals surface area contributed by atoms with Gasteiger partial charge in [-0.05, 0) is 13.0 Å². The number of aromatic nitrogens is 1. The third kappa shape index (κ3) is 2.98. The molecule has 1 aromatic rings. The Kier molecular flexibility index (Phi) is 3.94. The van der Waals surface area contributed by atoms with Gasteiger partial charge in [0.2, 0.25) is 0 Å². The quantitative estimate of drug-likeness (QED) is 0.816. The fourth-order valence-electron chi connectivity index (χ4n) is 2.01. The van der Waals surface area contributed by atoms with E-state index in [0.29, 0.717) is 44.2 Å². The Morgan fingerprint density at radius 3 is 2.47 bits per heavy atom. The number of nitrogen functional groups attached to an aromatic ring is 1. The average Bonchev–Trinajstić information content (AvgIpc) is 2.85. The van der Waals surface area contributed by atoms with Crippen molar-refractivity contribution in [3.05, 3.63) is 18.0 Å². The van der Waals surface area contributed by atoms with E-state index in [1.54, 1.807) is 29.0 Å². The maximum Gasteiger partial charge on any atom is 0.409 e. The van der Waals surface area contributed by atoms with Crippen molar-refractivity contribution >= 4 is 17.7 Å². The predicted molar refractivity (Wildman–Crippen MR) is 69.7 cm³/mol. The largest absolute Gasteiger partial charge is 0.450 e. The van der Waals surface area contributed by atoms with Crippen LogP contribution in [0, 0.1) is 0 Å². The van der Waals surface area contributed by atoms with Crippen LogP contribution in [0.2, 0.25) is 0 Å². The van der Waals surface area contributed by atoms with Gasteiger partial charge in [-0.25, -0.2) is 4.79 Å². The van der Waals surface area contributed by atoms with Gasteiger partial charge in [0.05, 0.1) is 6.61 Å². The number of hydrogen-bond donors (Lipinski definition) is 2. The zero-order valence-electron chi connectivity index (χ0n) is 10.9. The molecule has 0 aliphatic carbocycles. The monoisotopic (exact) mass is 266 g/mol. The molecule has 1 fully saturated rings. The van der Waals surface area contributed by atoms with Crippen LogP contribution in [0.1, 0.15) is 17.4 Å². The number of ether oxygens (including phenoxy) is 1. The van der Waals surface area contributed by atoms with Gasteiger partial charge in [0.25, 0.3) is 5.91 Å². The summed E-state index contributed by atoms with van der Waals surface area (Å²) >= 11 is 0. The summed E-state index contributed by atoms with van der Waals surface area (Å²) in [4.78, 5) is 29.8. The number of rotatable bonds is 2. The second-order valence-corrected chi connectivity index (χ2v) is 4.32. The maximum absolute atomic E-state index is 12.1. The molecular weight excluding hydrogens is 248 g/mol. The minimum Gasteiger partial charge on any atom is -0.450 e. The van der Waals surface area contributed by atoms with E-state index in [9.17, 15) is 9.59 Å². The van der Waals surface area contributed by atoms with Gasteiger partial charge in [0, 0.05) is 38.1 Å². The molecule has 2 rings (SSSR count). The van der Waals surface area contributed by atoms with Gasteiger partial charge in [-0.3, -0.25) is 4.79 Å². The van der Waals surface area contributed by atoms with Crippen LogP contribution in [-0.2, 0) is 4.74 Å². The van der Waals surface area contributed by atoms with Gasteiger partial charge in [-0.1, -0.05) is 0 Å². The van der Waals surface area contributed by atoms with Crippen LogP contribution in [0.4, 0.5) is 10.5 Å². The van der Waals surface area contributed by atoms with E-state index in [4.69, 9.17) is 10.5 Å². The van der Waals surface area contributed by atoms with Gasteiger partial charge in [0.1, 0.15) is 5.69 Å². The van der Waals surface area contributed by atoms with Gasteiger partial charge in [0.15, 0.2) is 0 Å². The van der Waals surface area contributed by atoms with Gasteiger partial charge in [-0.2, -0.15) is 0 Å². The molecule has 0 atom stereocenters. The molecule has 7 nitrogen and oxygen atoms in total. The number of piperazine rings is 1. The summed E-state index contributed by atoms with van der Waals surface area (Å²) in [6, 6.07) is 1.61. The van der Waals surface area contributed by atoms with Crippen molar-refractivity contribution < 1.29 is 14.3 Å². The highest BCUT2D eigenvalue weighted by Gasteiger charge is 2.25. The molecule has 2 heterocycles. The molecule has 0 bridgehead atoms. The van der Waals surface area contributed by atoms with Crippen LogP contribution in [0.25, 0.3) is 0 Å². The standard InChI is InChI=1S/C12H18N4O3/c1-2-19-12(18)16-5-3-15(4-6-16)11(17)10-7-9(13)8-14-10/h7-8,14H,2-6,13H2,1H3. The molecule has 0 spiro atoms. The Labute approximate surface area is 111 Å². The van der Waals surface area contributed by atoms with E-state index in [0.717, 1.165) is 0 Å². The molecule has 0 aromatic carbocycles. The zero-order chi connectivity index (χ0) is 13.8. The zero-order valence-corrected chi connectivity index (χ0v) is 10.9. The van der Waals surface area contributed by atoms with Crippen molar-refractivity contribution in [2.75, 3.05) is 38.5 Å². The normalized spacial score (nSPS) is 15.4. The first-order chi connectivity index (χ1) is 9.11. The summed E-state index contributed by atoms with van der Waals surface area (Å²) < 4.78 is 4.93. The number of anilines is 1. The fourth-order valence-corrected chi connectivity index (χ4v) is 2.01. The van der Waals surface area contributed by atoms with Crippen molar-refractivity contribution in [2.45, 2.75) is 6.92 Å². The SMILES string of the molecule is CCOC(=O)N1CCN(C(=O)c2cc(N)c[nH]2)CC1. The fraction of sp³-hybridized carbons (Fsp3) is 0.500. The Morgan fingerprint density at radius 2 is 1.95 bits per heavy atom. The van der Waals surface area contributed by atoms with E-state index in [1.807, 2.05) is 0 Å². The molecular formula is C12H18N4O3. The number of nitrogens with one attached hydrogen (secondary N) is 1. The number of H-pyrrole nitrogens is 1. The van der Waals surface area contributed by atoms with E-state index in [1.165, 1.54) is 0 Å². The molecule has 2 amide bonds. The second kappa shape index (κ2) is 5.64. The lowest BCUT2D eigenvalue weighted by Gasteiger charge is -2.33. The summed E-state index contributed by atoms with van der Waals surface area (Å²) in [5, 5.41) is 0. The number of carbonyl (C=O) groups is 2. The summed E-state index contributed by atoms with van der Waals surface area (Å²) in [6.07, 6.45) is 1.26. The first kappa shape index (κ1) is 13.3. The molecule has 19 heavy (non-hydrogen) atoms. The molecule has 1 aromatic heterocycles. The van der Waals surface area contributed by atoms with Crippen molar-refractivity contribution in [1.82, 2.24) is 14.8 Å². The number of aromatic amines is 1. The highest BCUT2D eigenvalue weighted by molar-refractivity contribution is 5.93. The smallest absolute Gasteiger partial charge is 0.409 e. The minimum atomic E-state index is -0.321. The molecule has 7 heteroatoms. The van der Waals surface area contributed by atoms with Gasteiger partial charge < -0.3 is 25.3 Å². The molecule has 104 valence electrons. The highest BCUT2D eigenvalue weighted by atomic mass is 16.6. The van der Waals surface area contributed by atoms with Crippen LogP contribution >= 0.6 is 0 Å². The van der Waals surface area contributed by atoms with E-state index in [2.05, 4.69) is 4.98 Å². The molecule has 0 radical (unpaired) electrons. The van der Waals surface area contributed by atoms with Gasteiger partial charge in [-0.15, -0.1) is 0 Å². The van der Waals surface area contributed by atoms with Crippen molar-refractivity contribution in [1.29, 1.82) is 0 Å². The lowest BCUT2D eigenvalue weighted by molar-refractivity contribution is 0.0566. The number of hydrogen-bond acceptors (Lipinski definition) is 4. The molecule has 3 N–H and O–H groups in total. The molecule has 1 aliphatic rings. The maximum atomic E-state index is 12.1. The van der Waals surface area contributed by atoms with Crippen LogP contribution in [0.5, 0.6) is 0 Å². The summed E-state index contributed by atoms with van der Waals surface area (Å²) in [7, 11) is 0. The number of nitrogens with two attached hydrogens (primary N) is 1. The highest BCUT2D eigenvalue weighted by Crippen LogP contribution is 2.11. The summed E-state index contributed by atoms with van der Waals surface area (Å²) in [5.74, 6) is -0.0970. The Morgan fingerprint density at radius 1 is 1.32 bits per heavy atom. The first-order valence-electron chi connectivity index (χ1n) is 6.26. The second-order valence-electron chi connectivity index (χ2n) is 4.32. The summed E-state index contributed by atoms with van der Waals surface area (Å²) in [6.45, 7) is 4.10. The third-order valence-corrected chi connectivity index (χ3v) is 3.03. The Hall–Kier alpha value is -2.18. The lowest BCUT2D eigenvalue weighted by Crippen LogP contribution is -2.50. The number of carbonyl (C=O) groups excluding carboxylic acids is 2. The van der Waals surface area contributed by atoms with E-state index in [-0.39, 0.29) is 12.0 Å². The topological polar surface area (TPSA) is 91.7 Å². The molecule has 1 aliphatic heterocycles. The van der Waals surface area contributed by atoms with Crippen molar-refractivity contribution in [2.24, 2.45) is 0 Å². The van der Waals surface area contributed by atoms with Gasteiger partial charge >= 0.3 is 6.09 Å². The van der Waals surface area contributed by atoms with Crippen LogP contribution in [0.3, 0.4) is 0 Å². The van der Waals surface area contributed by atoms with E-state index < -0.39 is 0 Å². The first-order valence-corrected chi connectivity index (χ1v) is 6.26. The van der Waals surface area contributed by atoms with Crippen molar-refractivity contribution in [3.8, 4) is 0 Å². The molecule has 1 saturated heterocycles. The van der Waals surface area contributed by atoms with E-state index >= 15 is 0 Å².